The molecule has 0 fully saturated rings. The van der Waals surface area contributed by atoms with E-state index in [4.69, 9.17) is 4.74 Å². The number of benzene rings is 2. The summed E-state index contributed by atoms with van der Waals surface area (Å²) >= 11 is 1.64. The second-order valence-corrected chi connectivity index (χ2v) is 9.88. The summed E-state index contributed by atoms with van der Waals surface area (Å²) in [6.45, 7) is 7.93. The van der Waals surface area contributed by atoms with Gasteiger partial charge in [0.05, 0.1) is 13.2 Å². The fraction of sp³-hybridized carbons (Fsp3) is 0.357. The lowest BCUT2D eigenvalue weighted by Gasteiger charge is -2.28. The van der Waals surface area contributed by atoms with Gasteiger partial charge in [-0.2, -0.15) is 0 Å². The molecule has 7 heteroatoms. The molecule has 0 aliphatic carbocycles. The third-order valence-corrected chi connectivity index (χ3v) is 6.89. The van der Waals surface area contributed by atoms with Crippen molar-refractivity contribution in [1.29, 1.82) is 0 Å². The monoisotopic (exact) mass is 493 g/mol. The fourth-order valence-electron chi connectivity index (χ4n) is 3.65. The molecule has 3 rings (SSSR count). The normalized spacial score (nSPS) is 10.9. The van der Waals surface area contributed by atoms with Crippen LogP contribution in [0.5, 0.6) is 0 Å². The average molecular weight is 494 g/mol. The smallest absolute Gasteiger partial charge is 0.322 e. The number of rotatable bonds is 11. The lowest BCUT2D eigenvalue weighted by atomic mass is 10.0. The minimum Gasteiger partial charge on any atom is -0.383 e. The minimum atomic E-state index is -0.320. The number of anilines is 1. The van der Waals surface area contributed by atoms with E-state index in [1.807, 2.05) is 64.9 Å². The van der Waals surface area contributed by atoms with Crippen LogP contribution in [-0.2, 0) is 22.6 Å². The Morgan fingerprint density at radius 3 is 2.29 bits per heavy atom. The molecule has 6 nitrogen and oxygen atoms in total. The third-order valence-electron chi connectivity index (χ3n) is 5.88. The number of urea groups is 1. The molecule has 3 aromatic rings. The van der Waals surface area contributed by atoms with Crippen molar-refractivity contribution in [2.75, 3.05) is 32.1 Å². The van der Waals surface area contributed by atoms with Crippen LogP contribution in [0.1, 0.15) is 41.3 Å². The van der Waals surface area contributed by atoms with E-state index < -0.39 is 0 Å². The van der Waals surface area contributed by atoms with E-state index in [2.05, 4.69) is 32.2 Å². The van der Waals surface area contributed by atoms with E-state index in [0.717, 1.165) is 10.4 Å². The summed E-state index contributed by atoms with van der Waals surface area (Å²) in [5, 5.41) is 4.97. The van der Waals surface area contributed by atoms with Gasteiger partial charge in [0.15, 0.2) is 0 Å². The van der Waals surface area contributed by atoms with Crippen LogP contribution in [0.15, 0.2) is 66.0 Å². The Hall–Kier alpha value is -3.16. The molecule has 0 radical (unpaired) electrons. The van der Waals surface area contributed by atoms with E-state index in [9.17, 15) is 9.59 Å². The zero-order valence-electron chi connectivity index (χ0n) is 21.0. The Bertz CT molecular complexity index is 1080. The highest BCUT2D eigenvalue weighted by molar-refractivity contribution is 7.10. The number of hydrogen-bond acceptors (Lipinski definition) is 4. The number of carbonyl (C=O) groups is 2. The average Bonchev–Trinajstić information content (AvgIpc) is 3.26. The lowest BCUT2D eigenvalue weighted by molar-refractivity contribution is -0.133. The second kappa shape index (κ2) is 13.1. The molecule has 1 heterocycles. The summed E-state index contributed by atoms with van der Waals surface area (Å²) in [5.41, 5.74) is 4.12. The maximum absolute atomic E-state index is 13.5. The maximum Gasteiger partial charge on any atom is 0.322 e. The first-order valence-corrected chi connectivity index (χ1v) is 12.7. The highest BCUT2D eigenvalue weighted by atomic mass is 32.1. The lowest BCUT2D eigenvalue weighted by Crippen LogP contribution is -2.45. The highest BCUT2D eigenvalue weighted by Gasteiger charge is 2.23. The van der Waals surface area contributed by atoms with E-state index in [1.54, 1.807) is 18.4 Å². The molecule has 2 aromatic carbocycles. The minimum absolute atomic E-state index is 0.0312. The molecule has 3 amide bonds. The molecule has 186 valence electrons. The highest BCUT2D eigenvalue weighted by Crippen LogP contribution is 2.20. The number of methoxy groups -OCH3 is 1. The molecule has 0 spiro atoms. The molecule has 0 unspecified atom stereocenters. The first kappa shape index (κ1) is 26.4. The molecular formula is C28H35N3O3S. The Kier molecular flexibility index (Phi) is 9.87. The number of nitrogens with one attached hydrogen (secondary N) is 1. The standard InChI is InChI=1S/C28H35N3O3S/c1-21(2)24-10-12-25(13-11-24)29-28(33)30(15-16-34-4)20-27(32)31(18-23-8-6-5-7-9-23)19-26-22(3)14-17-35-26/h5-14,17,21H,15-16,18-20H2,1-4H3,(H,29,33). The molecule has 1 N–H and O–H groups in total. The molecule has 1 aromatic heterocycles. The van der Waals surface area contributed by atoms with E-state index >= 15 is 0 Å². The van der Waals surface area contributed by atoms with Crippen LogP contribution in [0.2, 0.25) is 0 Å². The van der Waals surface area contributed by atoms with Crippen molar-refractivity contribution in [3.8, 4) is 0 Å². The molecule has 0 aliphatic heterocycles. The zero-order valence-corrected chi connectivity index (χ0v) is 21.8. The predicted octanol–water partition coefficient (Wildman–Crippen LogP) is 5.89. The molecule has 0 saturated carbocycles. The third kappa shape index (κ3) is 7.94. The van der Waals surface area contributed by atoms with Gasteiger partial charge in [-0.1, -0.05) is 56.3 Å². The van der Waals surface area contributed by atoms with Gasteiger partial charge in [0.1, 0.15) is 6.54 Å². The van der Waals surface area contributed by atoms with E-state index in [1.165, 1.54) is 16.0 Å². The fourth-order valence-corrected chi connectivity index (χ4v) is 4.57. The summed E-state index contributed by atoms with van der Waals surface area (Å²) in [5.74, 6) is 0.307. The number of hydrogen-bond donors (Lipinski definition) is 1. The van der Waals surface area contributed by atoms with Crippen molar-refractivity contribution >= 4 is 29.0 Å². The number of amides is 3. The summed E-state index contributed by atoms with van der Waals surface area (Å²) in [6.07, 6.45) is 0. The predicted molar refractivity (Wildman–Crippen MR) is 143 cm³/mol. The van der Waals surface area contributed by atoms with Gasteiger partial charge in [-0.15, -0.1) is 11.3 Å². The first-order valence-electron chi connectivity index (χ1n) is 11.9. The van der Waals surface area contributed by atoms with Gasteiger partial charge in [-0.25, -0.2) is 4.79 Å². The molecule has 35 heavy (non-hydrogen) atoms. The molecule has 0 atom stereocenters. The first-order chi connectivity index (χ1) is 16.9. The van der Waals surface area contributed by atoms with E-state index in [0.29, 0.717) is 37.8 Å². The Morgan fingerprint density at radius 1 is 0.971 bits per heavy atom. The topological polar surface area (TPSA) is 61.9 Å². The number of carbonyl (C=O) groups excluding carboxylic acids is 2. The number of ether oxygens (including phenoxy) is 1. The van der Waals surface area contributed by atoms with E-state index in [-0.39, 0.29) is 18.5 Å². The Labute approximate surface area is 212 Å². The van der Waals surface area contributed by atoms with Crippen molar-refractivity contribution in [2.24, 2.45) is 0 Å². The van der Waals surface area contributed by atoms with Gasteiger partial charge >= 0.3 is 6.03 Å². The van der Waals surface area contributed by atoms with Crippen molar-refractivity contribution in [1.82, 2.24) is 9.80 Å². The van der Waals surface area contributed by atoms with Gasteiger partial charge in [0, 0.05) is 30.8 Å². The zero-order chi connectivity index (χ0) is 25.2. The Balaban J connectivity index is 1.74. The van der Waals surface area contributed by atoms with Crippen molar-refractivity contribution in [3.05, 3.63) is 87.6 Å². The quantitative estimate of drug-likeness (QED) is 0.362. The number of thiophene rings is 1. The Morgan fingerprint density at radius 2 is 1.69 bits per heavy atom. The molecular weight excluding hydrogens is 458 g/mol. The van der Waals surface area contributed by atoms with Crippen LogP contribution in [-0.4, -0.2) is 48.5 Å². The molecule has 0 saturated heterocycles. The van der Waals surface area contributed by atoms with Crippen LogP contribution >= 0.6 is 11.3 Å². The summed E-state index contributed by atoms with van der Waals surface area (Å²) < 4.78 is 5.21. The van der Waals surface area contributed by atoms with Gasteiger partial charge in [0.25, 0.3) is 0 Å². The van der Waals surface area contributed by atoms with Gasteiger partial charge in [-0.05, 0) is 53.1 Å². The maximum atomic E-state index is 13.5. The number of aryl methyl sites for hydroxylation is 1. The number of nitrogens with zero attached hydrogens (tertiary/aromatic N) is 2. The SMILES string of the molecule is COCCN(CC(=O)N(Cc1ccccc1)Cc1sccc1C)C(=O)Nc1ccc(C(C)C)cc1. The van der Waals surface area contributed by atoms with Crippen LogP contribution in [0.3, 0.4) is 0 Å². The van der Waals surface area contributed by atoms with Crippen molar-refractivity contribution in [2.45, 2.75) is 39.8 Å². The second-order valence-electron chi connectivity index (χ2n) is 8.88. The summed E-state index contributed by atoms with van der Waals surface area (Å²) in [6, 6.07) is 19.5. The summed E-state index contributed by atoms with van der Waals surface area (Å²) in [7, 11) is 1.59. The van der Waals surface area contributed by atoms with Crippen LogP contribution in [0.4, 0.5) is 10.5 Å². The van der Waals surface area contributed by atoms with Gasteiger partial charge < -0.3 is 19.9 Å². The van der Waals surface area contributed by atoms with Gasteiger partial charge in [-0.3, -0.25) is 4.79 Å². The molecule has 0 bridgehead atoms. The van der Waals surface area contributed by atoms with Crippen molar-refractivity contribution < 1.29 is 14.3 Å². The van der Waals surface area contributed by atoms with Crippen LogP contribution in [0, 0.1) is 6.92 Å². The summed E-state index contributed by atoms with van der Waals surface area (Å²) in [4.78, 5) is 31.1. The van der Waals surface area contributed by atoms with Crippen LogP contribution < -0.4 is 5.32 Å². The molecule has 0 aliphatic rings. The van der Waals surface area contributed by atoms with Crippen molar-refractivity contribution in [3.63, 3.8) is 0 Å². The van der Waals surface area contributed by atoms with Gasteiger partial charge in [0.2, 0.25) is 5.91 Å². The largest absolute Gasteiger partial charge is 0.383 e. The van der Waals surface area contributed by atoms with Crippen LogP contribution in [0.25, 0.3) is 0 Å².